The molecule has 1 aliphatic carbocycles. The fraction of sp³-hybridized carbons (Fsp3) is 0.143. The van der Waals surface area contributed by atoms with Gasteiger partial charge in [-0.3, -0.25) is 4.79 Å². The van der Waals surface area contributed by atoms with Crippen LogP contribution < -0.4 is 11.1 Å². The average molecular weight is 355 g/mol. The van der Waals surface area contributed by atoms with Gasteiger partial charge in [0.1, 0.15) is 12.0 Å². The second-order valence-electron chi connectivity index (χ2n) is 6.87. The van der Waals surface area contributed by atoms with Crippen LogP contribution in [0.1, 0.15) is 33.1 Å². The number of carbonyl (C=O) groups excluding carboxylic acids is 1. The maximum Gasteiger partial charge on any atom is 0.175 e. The first-order valence-electron chi connectivity index (χ1n) is 8.79. The van der Waals surface area contributed by atoms with Gasteiger partial charge in [-0.15, -0.1) is 0 Å². The molecule has 132 valence electrons. The molecule has 6 nitrogen and oxygen atoms in total. The van der Waals surface area contributed by atoms with Crippen molar-refractivity contribution in [3.05, 3.63) is 77.1 Å². The van der Waals surface area contributed by atoms with Gasteiger partial charge in [-0.1, -0.05) is 54.1 Å². The van der Waals surface area contributed by atoms with Gasteiger partial charge in [0.05, 0.1) is 17.7 Å². The van der Waals surface area contributed by atoms with Crippen LogP contribution in [0, 0.1) is 12.8 Å². The number of aryl methyl sites for hydroxylation is 1. The molecule has 3 N–H and O–H groups in total. The highest BCUT2D eigenvalue weighted by atomic mass is 16.1. The topological polar surface area (TPSA) is 93.3 Å². The van der Waals surface area contributed by atoms with E-state index in [4.69, 9.17) is 10.7 Å². The van der Waals surface area contributed by atoms with E-state index in [2.05, 4.69) is 15.3 Å². The number of rotatable bonds is 1. The van der Waals surface area contributed by atoms with Crippen LogP contribution >= 0.6 is 0 Å². The van der Waals surface area contributed by atoms with E-state index in [-0.39, 0.29) is 11.8 Å². The third-order valence-electron chi connectivity index (χ3n) is 5.19. The molecule has 0 fully saturated rings. The van der Waals surface area contributed by atoms with Gasteiger partial charge in [0.15, 0.2) is 17.4 Å². The molecule has 0 amide bonds. The number of nitrogen functional groups attached to an aromatic ring is 1. The smallest absolute Gasteiger partial charge is 0.175 e. The van der Waals surface area contributed by atoms with E-state index >= 15 is 0 Å². The van der Waals surface area contributed by atoms with Crippen LogP contribution in [0.3, 0.4) is 0 Å². The highest BCUT2D eigenvalue weighted by Gasteiger charge is 2.44. The summed E-state index contributed by atoms with van der Waals surface area (Å²) in [5.74, 6) is 0.445. The van der Waals surface area contributed by atoms with Gasteiger partial charge in [-0.25, -0.2) is 15.0 Å². The summed E-state index contributed by atoms with van der Waals surface area (Å²) in [6, 6.07) is 15.5. The van der Waals surface area contributed by atoms with Crippen molar-refractivity contribution in [2.24, 2.45) is 10.9 Å². The van der Waals surface area contributed by atoms with Gasteiger partial charge in [0.2, 0.25) is 0 Å². The summed E-state index contributed by atoms with van der Waals surface area (Å²) in [4.78, 5) is 26.4. The summed E-state index contributed by atoms with van der Waals surface area (Å²) >= 11 is 0. The number of fused-ring (bicyclic) bond motifs is 4. The minimum absolute atomic E-state index is 0.0572. The van der Waals surface area contributed by atoms with E-state index in [0.29, 0.717) is 28.6 Å². The average Bonchev–Trinajstić information content (AvgIpc) is 2.84. The first-order valence-corrected chi connectivity index (χ1v) is 8.79. The maximum atomic E-state index is 13.3. The zero-order valence-corrected chi connectivity index (χ0v) is 14.7. The van der Waals surface area contributed by atoms with Crippen molar-refractivity contribution in [1.82, 2.24) is 9.97 Å². The molecule has 3 aromatic rings. The number of hydrogen-bond acceptors (Lipinski definition) is 6. The largest absolute Gasteiger partial charge is 0.382 e. The highest BCUT2D eigenvalue weighted by Crippen LogP contribution is 2.44. The molecule has 2 atom stereocenters. The lowest BCUT2D eigenvalue weighted by Gasteiger charge is -2.23. The lowest BCUT2D eigenvalue weighted by atomic mass is 9.88. The quantitative estimate of drug-likeness (QED) is 0.697. The van der Waals surface area contributed by atoms with Crippen molar-refractivity contribution in [1.29, 1.82) is 0 Å². The van der Waals surface area contributed by atoms with Gasteiger partial charge in [-0.05, 0) is 12.5 Å². The number of anilines is 2. The maximum absolute atomic E-state index is 13.3. The number of aromatic nitrogens is 2. The third kappa shape index (κ3) is 2.33. The van der Waals surface area contributed by atoms with E-state index in [9.17, 15) is 4.79 Å². The highest BCUT2D eigenvalue weighted by molar-refractivity contribution is 6.29. The SMILES string of the molecule is Cc1ccc(C2Nc3ncnc(N)c3N=C3c4ccccc4C(=O)C32)cc1. The van der Waals surface area contributed by atoms with Crippen molar-refractivity contribution < 1.29 is 4.79 Å². The van der Waals surface area contributed by atoms with Crippen LogP contribution in [-0.2, 0) is 0 Å². The van der Waals surface area contributed by atoms with Crippen LogP contribution in [-0.4, -0.2) is 21.5 Å². The second kappa shape index (κ2) is 5.74. The number of nitrogens with one attached hydrogen (secondary N) is 1. The van der Waals surface area contributed by atoms with Crippen molar-refractivity contribution >= 4 is 28.8 Å². The molecule has 0 bridgehead atoms. The fourth-order valence-corrected chi connectivity index (χ4v) is 3.83. The molecular weight excluding hydrogens is 338 g/mol. The fourth-order valence-electron chi connectivity index (χ4n) is 3.83. The molecule has 2 unspecified atom stereocenters. The Balaban J connectivity index is 1.77. The third-order valence-corrected chi connectivity index (χ3v) is 5.19. The zero-order valence-electron chi connectivity index (χ0n) is 14.7. The number of nitrogens with zero attached hydrogens (tertiary/aromatic N) is 3. The molecule has 1 aliphatic heterocycles. The molecule has 2 aliphatic rings. The predicted molar refractivity (Wildman–Crippen MR) is 104 cm³/mol. The lowest BCUT2D eigenvalue weighted by Crippen LogP contribution is -2.28. The minimum atomic E-state index is -0.446. The molecule has 2 heterocycles. The molecule has 6 heteroatoms. The van der Waals surface area contributed by atoms with Crippen molar-refractivity contribution in [3.8, 4) is 0 Å². The second-order valence-corrected chi connectivity index (χ2v) is 6.87. The van der Waals surface area contributed by atoms with Crippen molar-refractivity contribution in [3.63, 3.8) is 0 Å². The Morgan fingerprint density at radius 3 is 2.52 bits per heavy atom. The molecule has 0 spiro atoms. The first-order chi connectivity index (χ1) is 13.1. The number of ketones is 1. The van der Waals surface area contributed by atoms with Crippen molar-refractivity contribution in [2.45, 2.75) is 13.0 Å². The van der Waals surface area contributed by atoms with Crippen LogP contribution in [0.4, 0.5) is 17.3 Å². The molecular formula is C21H17N5O. The van der Waals surface area contributed by atoms with Crippen LogP contribution in [0.25, 0.3) is 0 Å². The van der Waals surface area contributed by atoms with Gasteiger partial charge in [-0.2, -0.15) is 0 Å². The zero-order chi connectivity index (χ0) is 18.5. The molecule has 27 heavy (non-hydrogen) atoms. The Labute approximate surface area is 156 Å². The van der Waals surface area contributed by atoms with E-state index in [1.165, 1.54) is 6.33 Å². The number of hydrogen-bond donors (Lipinski definition) is 2. The van der Waals surface area contributed by atoms with Gasteiger partial charge in [0, 0.05) is 11.1 Å². The number of carbonyl (C=O) groups is 1. The number of benzene rings is 2. The summed E-state index contributed by atoms with van der Waals surface area (Å²) < 4.78 is 0. The Morgan fingerprint density at radius 1 is 1.00 bits per heavy atom. The van der Waals surface area contributed by atoms with Crippen LogP contribution in [0.2, 0.25) is 0 Å². The minimum Gasteiger partial charge on any atom is -0.382 e. The Bertz CT molecular complexity index is 1100. The molecule has 2 aromatic carbocycles. The number of Topliss-reactive ketones (excluding diaryl/α,β-unsaturated/α-hetero) is 1. The number of nitrogens with two attached hydrogens (primary N) is 1. The van der Waals surface area contributed by atoms with Gasteiger partial charge < -0.3 is 11.1 Å². The van der Waals surface area contributed by atoms with Crippen LogP contribution in [0.15, 0.2) is 59.9 Å². The summed E-state index contributed by atoms with van der Waals surface area (Å²) in [5.41, 5.74) is 11.0. The summed E-state index contributed by atoms with van der Waals surface area (Å²) in [6.07, 6.45) is 1.41. The molecule has 0 saturated heterocycles. The number of aliphatic imine (C=N–C) groups is 1. The van der Waals surface area contributed by atoms with E-state index in [1.807, 2.05) is 55.5 Å². The van der Waals surface area contributed by atoms with Crippen LogP contribution in [0.5, 0.6) is 0 Å². The van der Waals surface area contributed by atoms with Gasteiger partial charge >= 0.3 is 0 Å². The Morgan fingerprint density at radius 2 is 1.74 bits per heavy atom. The Kier molecular flexibility index (Phi) is 3.33. The monoisotopic (exact) mass is 355 g/mol. The molecule has 5 rings (SSSR count). The summed E-state index contributed by atoms with van der Waals surface area (Å²) in [5, 5.41) is 3.41. The van der Waals surface area contributed by atoms with Crippen molar-refractivity contribution in [2.75, 3.05) is 11.1 Å². The van der Waals surface area contributed by atoms with E-state index in [0.717, 1.165) is 16.7 Å². The molecule has 1 aromatic heterocycles. The lowest BCUT2D eigenvalue weighted by molar-refractivity contribution is 0.0952. The normalized spacial score (nSPS) is 20.0. The molecule has 0 radical (unpaired) electrons. The van der Waals surface area contributed by atoms with E-state index in [1.54, 1.807) is 0 Å². The summed E-state index contributed by atoms with van der Waals surface area (Å²) in [6.45, 7) is 2.04. The Hall–Kier alpha value is -3.54. The first kappa shape index (κ1) is 15.7. The molecule has 0 saturated carbocycles. The van der Waals surface area contributed by atoms with Gasteiger partial charge in [0.25, 0.3) is 0 Å². The van der Waals surface area contributed by atoms with E-state index < -0.39 is 5.92 Å². The summed E-state index contributed by atoms with van der Waals surface area (Å²) in [7, 11) is 0. The predicted octanol–water partition coefficient (Wildman–Crippen LogP) is 3.47. The standard InChI is InChI=1S/C21H17N5O/c1-11-6-8-12(9-7-11)16-15-17(13-4-2-3-5-14(13)19(15)27)25-18-20(22)23-10-24-21(18)26-16/h2-10,15-16H,1H3,(H3,22,23,24,26).